The normalized spacial score (nSPS) is 14.5. The van der Waals surface area contributed by atoms with E-state index in [0.29, 0.717) is 0 Å². The SMILES string of the molecule is CC1(C)c2ccccc2C2(c3ccccc3-c3ccccc32)c2ccc3sc4c(-c5cc(-c6ccccc6)nc(-c6ccccc6)n5)cccc4c3c21. The number of thiophene rings is 1. The molecule has 3 heteroatoms. The molecule has 0 atom stereocenters. The Morgan fingerprint density at radius 2 is 1.02 bits per heavy atom. The first kappa shape index (κ1) is 30.5. The van der Waals surface area contributed by atoms with E-state index in [4.69, 9.17) is 9.97 Å². The van der Waals surface area contributed by atoms with Crippen LogP contribution in [0.2, 0.25) is 0 Å². The van der Waals surface area contributed by atoms with Gasteiger partial charge in [-0.05, 0) is 56.6 Å². The van der Waals surface area contributed by atoms with Crippen LogP contribution in [-0.2, 0) is 10.8 Å². The summed E-state index contributed by atoms with van der Waals surface area (Å²) in [6.45, 7) is 4.86. The summed E-state index contributed by atoms with van der Waals surface area (Å²) in [5, 5.41) is 2.63. The highest BCUT2D eigenvalue weighted by molar-refractivity contribution is 7.26. The zero-order valence-corrected chi connectivity index (χ0v) is 30.3. The van der Waals surface area contributed by atoms with Crippen LogP contribution in [0.1, 0.15) is 47.2 Å². The van der Waals surface area contributed by atoms with Crippen LogP contribution in [0.5, 0.6) is 0 Å². The first-order valence-corrected chi connectivity index (χ1v) is 19.2. The Labute approximate surface area is 313 Å². The van der Waals surface area contributed by atoms with E-state index >= 15 is 0 Å². The van der Waals surface area contributed by atoms with Crippen molar-refractivity contribution < 1.29 is 0 Å². The molecule has 0 bridgehead atoms. The monoisotopic (exact) mass is 694 g/mol. The summed E-state index contributed by atoms with van der Waals surface area (Å²) in [5.74, 6) is 0.732. The van der Waals surface area contributed by atoms with Gasteiger partial charge in [0.25, 0.3) is 0 Å². The lowest BCUT2D eigenvalue weighted by molar-refractivity contribution is 0.569. The van der Waals surface area contributed by atoms with Crippen molar-refractivity contribution in [3.8, 4) is 45.0 Å². The van der Waals surface area contributed by atoms with Gasteiger partial charge in [0.05, 0.1) is 16.8 Å². The summed E-state index contributed by atoms with van der Waals surface area (Å²) >= 11 is 1.88. The molecule has 0 unspecified atom stereocenters. The van der Waals surface area contributed by atoms with Crippen molar-refractivity contribution in [2.45, 2.75) is 24.7 Å². The highest BCUT2D eigenvalue weighted by Gasteiger charge is 2.53. The van der Waals surface area contributed by atoms with Crippen LogP contribution in [0.3, 0.4) is 0 Å². The number of hydrogen-bond donors (Lipinski definition) is 0. The average molecular weight is 695 g/mol. The van der Waals surface area contributed by atoms with Crippen LogP contribution < -0.4 is 0 Å². The maximum Gasteiger partial charge on any atom is 0.160 e. The third-order valence-corrected chi connectivity index (χ3v) is 13.0. The molecule has 0 N–H and O–H groups in total. The van der Waals surface area contributed by atoms with Gasteiger partial charge in [-0.1, -0.05) is 172 Å². The maximum absolute atomic E-state index is 5.27. The molecule has 250 valence electrons. The van der Waals surface area contributed by atoms with E-state index in [2.05, 4.69) is 178 Å². The van der Waals surface area contributed by atoms with Gasteiger partial charge in [0.15, 0.2) is 5.82 Å². The molecule has 53 heavy (non-hydrogen) atoms. The van der Waals surface area contributed by atoms with E-state index in [1.807, 2.05) is 17.4 Å². The fourth-order valence-corrected chi connectivity index (χ4v) is 10.8. The number of aromatic nitrogens is 2. The molecule has 0 saturated heterocycles. The van der Waals surface area contributed by atoms with Crippen molar-refractivity contribution in [1.29, 1.82) is 0 Å². The lowest BCUT2D eigenvalue weighted by Gasteiger charge is -2.47. The van der Waals surface area contributed by atoms with Gasteiger partial charge < -0.3 is 0 Å². The molecule has 2 aromatic heterocycles. The molecule has 9 aromatic rings. The summed E-state index contributed by atoms with van der Waals surface area (Å²) in [7, 11) is 0. The number of hydrogen-bond acceptors (Lipinski definition) is 3. The Morgan fingerprint density at radius 1 is 0.453 bits per heavy atom. The predicted molar refractivity (Wildman–Crippen MR) is 221 cm³/mol. The number of benzene rings is 7. The molecule has 0 fully saturated rings. The zero-order valence-electron chi connectivity index (χ0n) is 29.5. The van der Waals surface area contributed by atoms with Crippen LogP contribution in [0.4, 0.5) is 0 Å². The predicted octanol–water partition coefficient (Wildman–Crippen LogP) is 12.8. The van der Waals surface area contributed by atoms with E-state index in [-0.39, 0.29) is 5.41 Å². The molecule has 2 aliphatic carbocycles. The van der Waals surface area contributed by atoms with Gasteiger partial charge in [-0.25, -0.2) is 9.97 Å². The third kappa shape index (κ3) is 4.14. The molecular weight excluding hydrogens is 661 g/mol. The molecule has 7 aromatic carbocycles. The standard InChI is InChI=1S/C50H34N2S/c1-49(2)39-26-13-14-27-40(39)50(37-24-11-9-20-33(37)34-21-10-12-25-38(34)50)41-28-29-44-45(46(41)49)36-23-15-22-35(47(36)53-44)43-30-42(31-16-5-3-6-17-31)51-48(52-43)32-18-7-4-8-19-32/h3-30H,1-2H3. The van der Waals surface area contributed by atoms with Gasteiger partial charge in [0, 0.05) is 42.3 Å². The second-order valence-electron chi connectivity index (χ2n) is 14.9. The van der Waals surface area contributed by atoms with Crippen molar-refractivity contribution in [2.24, 2.45) is 0 Å². The fourth-order valence-electron chi connectivity index (χ4n) is 9.56. The fraction of sp³-hybridized carbons (Fsp3) is 0.0800. The molecule has 2 aliphatic rings. The van der Waals surface area contributed by atoms with Crippen LogP contribution in [0, 0.1) is 0 Å². The molecule has 11 rings (SSSR count). The quantitative estimate of drug-likeness (QED) is 0.184. The first-order valence-electron chi connectivity index (χ1n) is 18.3. The van der Waals surface area contributed by atoms with Crippen molar-refractivity contribution >= 4 is 31.5 Å². The van der Waals surface area contributed by atoms with E-state index < -0.39 is 5.41 Å². The molecule has 2 nitrogen and oxygen atoms in total. The van der Waals surface area contributed by atoms with E-state index in [9.17, 15) is 0 Å². The molecule has 1 spiro atoms. The van der Waals surface area contributed by atoms with E-state index in [1.165, 1.54) is 64.7 Å². The van der Waals surface area contributed by atoms with Gasteiger partial charge in [0.1, 0.15) is 0 Å². The number of fused-ring (bicyclic) bond motifs is 13. The lowest BCUT2D eigenvalue weighted by Crippen LogP contribution is -2.40. The first-order chi connectivity index (χ1) is 26.0. The molecule has 0 amide bonds. The molecular formula is C50H34N2S. The van der Waals surface area contributed by atoms with Crippen molar-refractivity contribution in [3.63, 3.8) is 0 Å². The third-order valence-electron chi connectivity index (χ3n) is 11.8. The summed E-state index contributed by atoms with van der Waals surface area (Å²) in [5.41, 5.74) is 15.4. The Balaban J connectivity index is 1.23. The minimum Gasteiger partial charge on any atom is -0.228 e. The van der Waals surface area contributed by atoms with Crippen molar-refractivity contribution in [3.05, 3.63) is 203 Å². The molecule has 0 aliphatic heterocycles. The van der Waals surface area contributed by atoms with Crippen LogP contribution in [-0.4, -0.2) is 9.97 Å². The van der Waals surface area contributed by atoms with E-state index in [1.54, 1.807) is 0 Å². The molecule has 0 radical (unpaired) electrons. The minimum absolute atomic E-state index is 0.247. The van der Waals surface area contributed by atoms with Gasteiger partial charge >= 0.3 is 0 Å². The second-order valence-corrected chi connectivity index (χ2v) is 15.9. The van der Waals surface area contributed by atoms with Crippen molar-refractivity contribution in [1.82, 2.24) is 9.97 Å². The summed E-state index contributed by atoms with van der Waals surface area (Å²) in [6.07, 6.45) is 0. The van der Waals surface area contributed by atoms with Crippen LogP contribution >= 0.6 is 11.3 Å². The Kier molecular flexibility index (Phi) is 6.42. The highest BCUT2D eigenvalue weighted by atomic mass is 32.1. The second kappa shape index (κ2) is 11.2. The van der Waals surface area contributed by atoms with Gasteiger partial charge in [0.2, 0.25) is 0 Å². The van der Waals surface area contributed by atoms with Gasteiger partial charge in [-0.15, -0.1) is 11.3 Å². The molecule has 2 heterocycles. The Bertz CT molecular complexity index is 2820. The number of rotatable bonds is 3. The van der Waals surface area contributed by atoms with Gasteiger partial charge in [-0.2, -0.15) is 0 Å². The molecule has 0 saturated carbocycles. The highest BCUT2D eigenvalue weighted by Crippen LogP contribution is 2.63. The van der Waals surface area contributed by atoms with Crippen LogP contribution in [0.15, 0.2) is 170 Å². The van der Waals surface area contributed by atoms with Crippen LogP contribution in [0.25, 0.3) is 65.2 Å². The lowest BCUT2D eigenvalue weighted by atomic mass is 9.55. The summed E-state index contributed by atoms with van der Waals surface area (Å²) in [6, 6.07) is 61.9. The van der Waals surface area contributed by atoms with Gasteiger partial charge in [-0.3, -0.25) is 0 Å². The van der Waals surface area contributed by atoms with E-state index in [0.717, 1.165) is 33.9 Å². The summed E-state index contributed by atoms with van der Waals surface area (Å²) in [4.78, 5) is 10.4. The zero-order chi connectivity index (χ0) is 35.3. The Morgan fingerprint density at radius 3 is 1.72 bits per heavy atom. The summed E-state index contributed by atoms with van der Waals surface area (Å²) < 4.78 is 2.55. The average Bonchev–Trinajstić information content (AvgIpc) is 3.75. The Hall–Kier alpha value is -6.16. The topological polar surface area (TPSA) is 25.8 Å². The maximum atomic E-state index is 5.27. The minimum atomic E-state index is -0.420. The smallest absolute Gasteiger partial charge is 0.160 e. The largest absolute Gasteiger partial charge is 0.228 e. The van der Waals surface area contributed by atoms with Crippen molar-refractivity contribution in [2.75, 3.05) is 0 Å². The number of nitrogens with zero attached hydrogens (tertiary/aromatic N) is 2.